The zero-order valence-electron chi connectivity index (χ0n) is 15.8. The number of nitrogens with one attached hydrogen (secondary N) is 3. The van der Waals surface area contributed by atoms with Gasteiger partial charge in [0.1, 0.15) is 10.6 Å². The minimum absolute atomic E-state index is 0. The number of methoxy groups -OCH3 is 1. The van der Waals surface area contributed by atoms with E-state index in [1.165, 1.54) is 25.3 Å². The molecule has 158 valence electrons. The lowest BCUT2D eigenvalue weighted by molar-refractivity contribution is 0.0927. The van der Waals surface area contributed by atoms with E-state index in [9.17, 15) is 18.3 Å². The van der Waals surface area contributed by atoms with E-state index in [2.05, 4.69) is 15.4 Å². The third-order valence-electron chi connectivity index (χ3n) is 5.22. The van der Waals surface area contributed by atoms with Crippen molar-refractivity contribution in [3.05, 3.63) is 23.8 Å². The standard InChI is InChI=1S/C18H27N3O5S.ClH/c1-26-16-7-6-12(18(23)20-10-13-9-19-11-15(13)22)8-17(16)27(24,25)21-14-4-2-3-5-14;/h6-8,13-15,19,21-22H,2-5,9-11H2,1H3,(H,20,23);1H. The number of hydrogen-bond acceptors (Lipinski definition) is 6. The van der Waals surface area contributed by atoms with Gasteiger partial charge in [0.2, 0.25) is 10.0 Å². The van der Waals surface area contributed by atoms with Gasteiger partial charge >= 0.3 is 0 Å². The Morgan fingerprint density at radius 2 is 2.00 bits per heavy atom. The van der Waals surface area contributed by atoms with Crippen LogP contribution < -0.4 is 20.1 Å². The van der Waals surface area contributed by atoms with E-state index in [1.807, 2.05) is 0 Å². The van der Waals surface area contributed by atoms with Crippen LogP contribution in [-0.4, -0.2) is 58.3 Å². The molecule has 1 amide bonds. The first-order valence-corrected chi connectivity index (χ1v) is 10.8. The summed E-state index contributed by atoms with van der Waals surface area (Å²) in [5, 5.41) is 15.6. The van der Waals surface area contributed by atoms with E-state index in [1.54, 1.807) is 0 Å². The number of ether oxygens (including phenoxy) is 1. The molecule has 1 aromatic carbocycles. The first-order chi connectivity index (χ1) is 12.9. The maximum absolute atomic E-state index is 12.8. The van der Waals surface area contributed by atoms with Gasteiger partial charge in [-0.3, -0.25) is 4.79 Å². The van der Waals surface area contributed by atoms with Crippen LogP contribution in [0.15, 0.2) is 23.1 Å². The van der Waals surface area contributed by atoms with Crippen LogP contribution in [0.25, 0.3) is 0 Å². The molecule has 1 aromatic rings. The third-order valence-corrected chi connectivity index (χ3v) is 6.76. The Kier molecular flexibility index (Phi) is 8.08. The van der Waals surface area contributed by atoms with Gasteiger partial charge in [0.15, 0.2) is 0 Å². The van der Waals surface area contributed by atoms with Crippen LogP contribution in [0.2, 0.25) is 0 Å². The van der Waals surface area contributed by atoms with E-state index >= 15 is 0 Å². The van der Waals surface area contributed by atoms with Crippen molar-refractivity contribution < 1.29 is 23.1 Å². The van der Waals surface area contributed by atoms with Crippen molar-refractivity contribution in [3.8, 4) is 5.75 Å². The molecular formula is C18H28ClN3O5S. The van der Waals surface area contributed by atoms with Crippen molar-refractivity contribution in [1.29, 1.82) is 0 Å². The number of sulfonamides is 1. The lowest BCUT2D eigenvalue weighted by atomic mass is 10.1. The minimum Gasteiger partial charge on any atom is -0.495 e. The molecule has 0 aromatic heterocycles. The summed E-state index contributed by atoms with van der Waals surface area (Å²) in [6.45, 7) is 1.47. The summed E-state index contributed by atoms with van der Waals surface area (Å²) in [6, 6.07) is 4.29. The van der Waals surface area contributed by atoms with Gasteiger partial charge in [0.05, 0.1) is 13.2 Å². The lowest BCUT2D eigenvalue weighted by Gasteiger charge is -2.17. The molecule has 0 radical (unpaired) electrons. The second-order valence-corrected chi connectivity index (χ2v) is 8.85. The fraction of sp³-hybridized carbons (Fsp3) is 0.611. The van der Waals surface area contributed by atoms with Crippen molar-refractivity contribution in [2.45, 2.75) is 42.7 Å². The van der Waals surface area contributed by atoms with Gasteiger partial charge < -0.3 is 20.5 Å². The summed E-state index contributed by atoms with van der Waals surface area (Å²) in [4.78, 5) is 12.4. The van der Waals surface area contributed by atoms with E-state index in [4.69, 9.17) is 4.74 Å². The normalized spacial score (nSPS) is 22.6. The lowest BCUT2D eigenvalue weighted by Crippen LogP contribution is -2.35. The molecule has 2 aliphatic rings. The molecule has 0 bridgehead atoms. The molecule has 28 heavy (non-hydrogen) atoms. The van der Waals surface area contributed by atoms with Gasteiger partial charge in [-0.1, -0.05) is 12.8 Å². The molecule has 2 fully saturated rings. The van der Waals surface area contributed by atoms with Gasteiger partial charge in [0, 0.05) is 37.2 Å². The number of amides is 1. The van der Waals surface area contributed by atoms with Crippen molar-refractivity contribution in [2.24, 2.45) is 5.92 Å². The highest BCUT2D eigenvalue weighted by atomic mass is 35.5. The van der Waals surface area contributed by atoms with Crippen molar-refractivity contribution in [3.63, 3.8) is 0 Å². The number of hydrogen-bond donors (Lipinski definition) is 4. The highest BCUT2D eigenvalue weighted by Crippen LogP contribution is 2.27. The molecule has 2 atom stereocenters. The summed E-state index contributed by atoms with van der Waals surface area (Å²) in [7, 11) is -2.39. The number of halogens is 1. The van der Waals surface area contributed by atoms with Crippen LogP contribution >= 0.6 is 12.4 Å². The predicted octanol–water partition coefficient (Wildman–Crippen LogP) is 0.648. The molecule has 1 heterocycles. The highest BCUT2D eigenvalue weighted by molar-refractivity contribution is 7.89. The summed E-state index contributed by atoms with van der Waals surface area (Å²) < 4.78 is 33.5. The summed E-state index contributed by atoms with van der Waals surface area (Å²) >= 11 is 0. The zero-order chi connectivity index (χ0) is 19.4. The van der Waals surface area contributed by atoms with Gasteiger partial charge in [0.25, 0.3) is 5.91 Å². The first kappa shape index (κ1) is 22.9. The predicted molar refractivity (Wildman–Crippen MR) is 108 cm³/mol. The van der Waals surface area contributed by atoms with Gasteiger partial charge in [-0.15, -0.1) is 12.4 Å². The zero-order valence-corrected chi connectivity index (χ0v) is 17.4. The second kappa shape index (κ2) is 9.89. The fourth-order valence-corrected chi connectivity index (χ4v) is 5.11. The van der Waals surface area contributed by atoms with Gasteiger partial charge in [-0.2, -0.15) is 0 Å². The van der Waals surface area contributed by atoms with Crippen LogP contribution in [0.3, 0.4) is 0 Å². The largest absolute Gasteiger partial charge is 0.495 e. The topological polar surface area (TPSA) is 117 Å². The number of carbonyl (C=O) groups excluding carboxylic acids is 1. The van der Waals surface area contributed by atoms with Gasteiger partial charge in [-0.05, 0) is 31.0 Å². The first-order valence-electron chi connectivity index (χ1n) is 9.28. The quantitative estimate of drug-likeness (QED) is 0.501. The van der Waals surface area contributed by atoms with Crippen LogP contribution in [0.1, 0.15) is 36.0 Å². The molecule has 0 spiro atoms. The number of rotatable bonds is 7. The average Bonchev–Trinajstić information content (AvgIpc) is 3.30. The molecule has 8 nitrogen and oxygen atoms in total. The molecule has 1 saturated carbocycles. The second-order valence-electron chi connectivity index (χ2n) is 7.16. The summed E-state index contributed by atoms with van der Waals surface area (Å²) in [5.41, 5.74) is 0.239. The smallest absolute Gasteiger partial charge is 0.251 e. The molecule has 1 aliphatic heterocycles. The Morgan fingerprint density at radius 1 is 1.29 bits per heavy atom. The van der Waals surface area contributed by atoms with Gasteiger partial charge in [-0.25, -0.2) is 13.1 Å². The number of benzene rings is 1. The Balaban J connectivity index is 0.00000280. The monoisotopic (exact) mass is 433 g/mol. The van der Waals surface area contributed by atoms with E-state index in [-0.39, 0.29) is 46.5 Å². The van der Waals surface area contributed by atoms with Crippen LogP contribution in [0.4, 0.5) is 0 Å². The molecule has 4 N–H and O–H groups in total. The van der Waals surface area contributed by atoms with Crippen LogP contribution in [0.5, 0.6) is 5.75 Å². The third kappa shape index (κ3) is 5.36. The number of aliphatic hydroxyl groups is 1. The Labute approximate surface area is 171 Å². The number of β-amino-alcohol motifs (C(OH)–C–C–N with tert-alkyl or cyclic N) is 1. The molecule has 10 heteroatoms. The fourth-order valence-electron chi connectivity index (χ4n) is 3.61. The Morgan fingerprint density at radius 3 is 2.61 bits per heavy atom. The average molecular weight is 434 g/mol. The van der Waals surface area contributed by atoms with Crippen molar-refractivity contribution in [1.82, 2.24) is 15.4 Å². The van der Waals surface area contributed by atoms with E-state index in [0.717, 1.165) is 25.7 Å². The SMILES string of the molecule is COc1ccc(C(=O)NCC2CNCC2O)cc1S(=O)(=O)NC1CCCC1.Cl. The highest BCUT2D eigenvalue weighted by Gasteiger charge is 2.28. The molecule has 2 unspecified atom stereocenters. The summed E-state index contributed by atoms with van der Waals surface area (Å²) in [5.74, 6) is -0.235. The molecule has 3 rings (SSSR count). The van der Waals surface area contributed by atoms with Crippen molar-refractivity contribution in [2.75, 3.05) is 26.7 Å². The molecule has 1 saturated heterocycles. The Bertz CT molecular complexity index is 783. The number of carbonyl (C=O) groups is 1. The van der Waals surface area contributed by atoms with Crippen LogP contribution in [0, 0.1) is 5.92 Å². The van der Waals surface area contributed by atoms with E-state index in [0.29, 0.717) is 19.6 Å². The number of aliphatic hydroxyl groups excluding tert-OH is 1. The molecule has 1 aliphatic carbocycles. The van der Waals surface area contributed by atoms with Crippen LogP contribution in [-0.2, 0) is 10.0 Å². The minimum atomic E-state index is -3.79. The Hall–Kier alpha value is -1.39. The summed E-state index contributed by atoms with van der Waals surface area (Å²) in [6.07, 6.45) is 3.16. The maximum atomic E-state index is 12.8. The maximum Gasteiger partial charge on any atom is 0.251 e. The van der Waals surface area contributed by atoms with Crippen molar-refractivity contribution >= 4 is 28.3 Å². The van der Waals surface area contributed by atoms with E-state index < -0.39 is 16.1 Å². The molecular weight excluding hydrogens is 406 g/mol.